The number of carbonyl (C=O) groups is 5. The van der Waals surface area contributed by atoms with Crippen molar-refractivity contribution in [3.63, 3.8) is 0 Å². The van der Waals surface area contributed by atoms with Crippen LogP contribution in [0.25, 0.3) is 0 Å². The zero-order valence-electron chi connectivity index (χ0n) is 11.5. The van der Waals surface area contributed by atoms with Crippen molar-refractivity contribution in [3.05, 3.63) is 12.2 Å². The molecule has 21 heavy (non-hydrogen) atoms. The van der Waals surface area contributed by atoms with Gasteiger partial charge in [-0.15, -0.1) is 0 Å². The van der Waals surface area contributed by atoms with Crippen LogP contribution in [0, 0.1) is 0 Å². The Balaban J connectivity index is 1.65. The molecule has 2 aliphatic rings. The monoisotopic (exact) mass is 292 g/mol. The summed E-state index contributed by atoms with van der Waals surface area (Å²) in [5.74, 6) is -1.94. The molecule has 0 bridgehead atoms. The van der Waals surface area contributed by atoms with E-state index in [4.69, 9.17) is 0 Å². The molecule has 0 aromatic heterocycles. The van der Waals surface area contributed by atoms with Crippen molar-refractivity contribution in [1.29, 1.82) is 0 Å². The van der Waals surface area contributed by atoms with E-state index >= 15 is 0 Å². The summed E-state index contributed by atoms with van der Waals surface area (Å²) in [6.45, 7) is 0.320. The van der Waals surface area contributed by atoms with E-state index in [9.17, 15) is 24.0 Å². The van der Waals surface area contributed by atoms with Crippen LogP contribution in [-0.4, -0.2) is 45.9 Å². The molecule has 0 saturated carbocycles. The topological polar surface area (TPSA) is 91.8 Å². The summed E-state index contributed by atoms with van der Waals surface area (Å²) in [6, 6.07) is 0. The SMILES string of the molecule is O=C1C=CC(=O)N1CCCCCC(=O)N1C(=O)CCC1=O. The number of carbonyl (C=O) groups excluding carboxylic acids is 5. The van der Waals surface area contributed by atoms with E-state index in [0.29, 0.717) is 25.8 Å². The van der Waals surface area contributed by atoms with Gasteiger partial charge in [0.1, 0.15) is 0 Å². The van der Waals surface area contributed by atoms with Gasteiger partial charge in [-0.25, -0.2) is 4.90 Å². The molecule has 0 atom stereocenters. The highest BCUT2D eigenvalue weighted by Crippen LogP contribution is 2.15. The minimum Gasteiger partial charge on any atom is -0.275 e. The number of likely N-dealkylation sites (tertiary alicyclic amines) is 1. The summed E-state index contributed by atoms with van der Waals surface area (Å²) in [5.41, 5.74) is 0. The van der Waals surface area contributed by atoms with Crippen LogP contribution in [0.4, 0.5) is 0 Å². The van der Waals surface area contributed by atoms with Crippen LogP contribution in [0.1, 0.15) is 38.5 Å². The zero-order chi connectivity index (χ0) is 15.4. The van der Waals surface area contributed by atoms with E-state index in [1.165, 1.54) is 12.2 Å². The number of rotatable bonds is 6. The third-order valence-electron chi connectivity index (χ3n) is 3.47. The van der Waals surface area contributed by atoms with E-state index in [1.54, 1.807) is 0 Å². The largest absolute Gasteiger partial charge is 0.275 e. The molecular weight excluding hydrogens is 276 g/mol. The molecule has 0 aliphatic carbocycles. The first-order valence-electron chi connectivity index (χ1n) is 6.93. The van der Waals surface area contributed by atoms with Crippen LogP contribution < -0.4 is 0 Å². The van der Waals surface area contributed by atoms with Crippen LogP contribution in [0.3, 0.4) is 0 Å². The Morgan fingerprint density at radius 3 is 2.05 bits per heavy atom. The van der Waals surface area contributed by atoms with Crippen molar-refractivity contribution < 1.29 is 24.0 Å². The third-order valence-corrected chi connectivity index (χ3v) is 3.47. The second-order valence-electron chi connectivity index (χ2n) is 4.99. The molecule has 0 aromatic rings. The number of unbranched alkanes of at least 4 members (excludes halogenated alkanes) is 2. The first kappa shape index (κ1) is 15.1. The summed E-state index contributed by atoms with van der Waals surface area (Å²) in [7, 11) is 0. The number of imide groups is 4. The van der Waals surface area contributed by atoms with Gasteiger partial charge in [-0.2, -0.15) is 0 Å². The van der Waals surface area contributed by atoms with Crippen LogP contribution in [-0.2, 0) is 24.0 Å². The van der Waals surface area contributed by atoms with E-state index in [1.807, 2.05) is 0 Å². The number of nitrogens with zero attached hydrogens (tertiary/aromatic N) is 2. The van der Waals surface area contributed by atoms with Crippen molar-refractivity contribution in [2.45, 2.75) is 38.5 Å². The number of amides is 5. The highest BCUT2D eigenvalue weighted by Gasteiger charge is 2.33. The Bertz CT molecular complexity index is 503. The fourth-order valence-corrected chi connectivity index (χ4v) is 2.34. The lowest BCUT2D eigenvalue weighted by atomic mass is 10.1. The summed E-state index contributed by atoms with van der Waals surface area (Å²) >= 11 is 0. The Labute approximate surface area is 121 Å². The summed E-state index contributed by atoms with van der Waals surface area (Å²) in [5, 5.41) is 0. The van der Waals surface area contributed by atoms with Crippen LogP contribution in [0.5, 0.6) is 0 Å². The molecule has 5 amide bonds. The molecule has 7 heteroatoms. The molecule has 0 N–H and O–H groups in total. The second kappa shape index (κ2) is 6.43. The fourth-order valence-electron chi connectivity index (χ4n) is 2.34. The van der Waals surface area contributed by atoms with Gasteiger partial charge >= 0.3 is 0 Å². The van der Waals surface area contributed by atoms with Crippen LogP contribution in [0.15, 0.2) is 12.2 Å². The van der Waals surface area contributed by atoms with Gasteiger partial charge < -0.3 is 0 Å². The van der Waals surface area contributed by atoms with Gasteiger partial charge in [0.25, 0.3) is 11.8 Å². The summed E-state index contributed by atoms with van der Waals surface area (Å²) in [4.78, 5) is 58.9. The molecular formula is C14H16N2O5. The van der Waals surface area contributed by atoms with Crippen molar-refractivity contribution in [3.8, 4) is 0 Å². The lowest BCUT2D eigenvalue weighted by molar-refractivity contribution is -0.149. The molecule has 2 aliphatic heterocycles. The number of hydrogen-bond donors (Lipinski definition) is 0. The predicted molar refractivity (Wildman–Crippen MR) is 70.4 cm³/mol. The van der Waals surface area contributed by atoms with Gasteiger partial charge in [-0.05, 0) is 12.8 Å². The second-order valence-corrected chi connectivity index (χ2v) is 4.99. The highest BCUT2D eigenvalue weighted by atomic mass is 16.2. The molecule has 112 valence electrons. The highest BCUT2D eigenvalue weighted by molar-refractivity contribution is 6.15. The standard InChI is InChI=1S/C14H16N2O5/c17-10-5-6-11(18)15(10)9-3-1-2-4-12(19)16-13(20)7-8-14(16)21/h5-6H,1-4,7-9H2. The smallest absolute Gasteiger partial charge is 0.253 e. The lowest BCUT2D eigenvalue weighted by Gasteiger charge is -2.14. The van der Waals surface area contributed by atoms with Crippen molar-refractivity contribution in [1.82, 2.24) is 9.80 Å². The first-order valence-corrected chi connectivity index (χ1v) is 6.93. The summed E-state index contributed by atoms with van der Waals surface area (Å²) < 4.78 is 0. The van der Waals surface area contributed by atoms with Gasteiger partial charge in [0.15, 0.2) is 0 Å². The number of hydrogen-bond acceptors (Lipinski definition) is 5. The van der Waals surface area contributed by atoms with Crippen LogP contribution in [0.2, 0.25) is 0 Å². The molecule has 0 radical (unpaired) electrons. The average Bonchev–Trinajstić information content (AvgIpc) is 2.94. The Hall–Kier alpha value is -2.31. The van der Waals surface area contributed by atoms with Gasteiger partial charge in [-0.3, -0.25) is 28.9 Å². The average molecular weight is 292 g/mol. The Morgan fingerprint density at radius 1 is 0.905 bits per heavy atom. The molecule has 1 fully saturated rings. The predicted octanol–water partition coefficient (Wildman–Crippen LogP) is 0.147. The summed E-state index contributed by atoms with van der Waals surface area (Å²) in [6.07, 6.45) is 4.55. The molecule has 2 heterocycles. The van der Waals surface area contributed by atoms with E-state index in [2.05, 4.69) is 0 Å². The normalized spacial score (nSPS) is 18.3. The van der Waals surface area contributed by atoms with Gasteiger partial charge in [-0.1, -0.05) is 6.42 Å². The van der Waals surface area contributed by atoms with Crippen molar-refractivity contribution >= 4 is 29.5 Å². The molecule has 7 nitrogen and oxygen atoms in total. The van der Waals surface area contributed by atoms with Gasteiger partial charge in [0.2, 0.25) is 17.7 Å². The Kier molecular flexibility index (Phi) is 4.62. The lowest BCUT2D eigenvalue weighted by Crippen LogP contribution is -2.35. The van der Waals surface area contributed by atoms with Gasteiger partial charge in [0.05, 0.1) is 0 Å². The molecule has 0 spiro atoms. The molecule has 0 aromatic carbocycles. The maximum Gasteiger partial charge on any atom is 0.253 e. The van der Waals surface area contributed by atoms with Crippen LogP contribution >= 0.6 is 0 Å². The maximum absolute atomic E-state index is 11.7. The molecule has 2 rings (SSSR count). The van der Waals surface area contributed by atoms with E-state index < -0.39 is 17.7 Å². The zero-order valence-corrected chi connectivity index (χ0v) is 11.5. The van der Waals surface area contributed by atoms with E-state index in [0.717, 1.165) is 9.80 Å². The maximum atomic E-state index is 11.7. The van der Waals surface area contributed by atoms with Crippen molar-refractivity contribution in [2.75, 3.05) is 6.54 Å². The Morgan fingerprint density at radius 2 is 1.48 bits per heavy atom. The van der Waals surface area contributed by atoms with Crippen molar-refractivity contribution in [2.24, 2.45) is 0 Å². The third kappa shape index (κ3) is 3.42. The van der Waals surface area contributed by atoms with E-state index in [-0.39, 0.29) is 31.1 Å². The van der Waals surface area contributed by atoms with Gasteiger partial charge in [0, 0.05) is 38.0 Å². The first-order chi connectivity index (χ1) is 10.0. The molecule has 1 saturated heterocycles. The molecule has 0 unspecified atom stereocenters. The minimum absolute atomic E-state index is 0.108. The quantitative estimate of drug-likeness (QED) is 0.513. The fraction of sp³-hybridized carbons (Fsp3) is 0.500. The minimum atomic E-state index is -0.461.